The van der Waals surface area contributed by atoms with E-state index < -0.39 is 0 Å². The maximum absolute atomic E-state index is 3.46. The van der Waals surface area contributed by atoms with Crippen LogP contribution in [0, 0.1) is 17.8 Å². The summed E-state index contributed by atoms with van der Waals surface area (Å²) in [4.78, 5) is 2.75. The second-order valence-electron chi connectivity index (χ2n) is 5.75. The predicted octanol–water partition coefficient (Wildman–Crippen LogP) is 2.35. The molecular formula is C14H28N2. The van der Waals surface area contributed by atoms with Crippen molar-refractivity contribution in [2.75, 3.05) is 32.7 Å². The molecule has 2 unspecified atom stereocenters. The van der Waals surface area contributed by atoms with Gasteiger partial charge in [0.15, 0.2) is 0 Å². The first-order valence-electron chi connectivity index (χ1n) is 7.26. The fraction of sp³-hybridized carbons (Fsp3) is 1.00. The number of nitrogens with one attached hydrogen (secondary N) is 1. The van der Waals surface area contributed by atoms with Crippen LogP contribution in [0.5, 0.6) is 0 Å². The predicted molar refractivity (Wildman–Crippen MR) is 69.6 cm³/mol. The first kappa shape index (κ1) is 12.4. The quantitative estimate of drug-likeness (QED) is 0.788. The lowest BCUT2D eigenvalue weighted by atomic mass is 9.92. The van der Waals surface area contributed by atoms with E-state index in [4.69, 9.17) is 0 Å². The molecule has 0 bridgehead atoms. The molecule has 94 valence electrons. The third kappa shape index (κ3) is 2.98. The Bertz CT molecular complexity index is 187. The van der Waals surface area contributed by atoms with Gasteiger partial charge in [-0.15, -0.1) is 0 Å². The molecule has 0 aliphatic carbocycles. The highest BCUT2D eigenvalue weighted by Crippen LogP contribution is 2.29. The van der Waals surface area contributed by atoms with Crippen molar-refractivity contribution in [2.45, 2.75) is 39.5 Å². The van der Waals surface area contributed by atoms with E-state index in [1.165, 1.54) is 58.4 Å². The molecule has 0 aromatic rings. The minimum absolute atomic E-state index is 0.967. The van der Waals surface area contributed by atoms with Crippen LogP contribution in [0.3, 0.4) is 0 Å². The van der Waals surface area contributed by atoms with Crippen LogP contribution in [0.4, 0.5) is 0 Å². The van der Waals surface area contributed by atoms with Crippen LogP contribution in [-0.4, -0.2) is 37.6 Å². The summed E-state index contributed by atoms with van der Waals surface area (Å²) in [5.74, 6) is 2.92. The highest BCUT2D eigenvalue weighted by atomic mass is 15.2. The van der Waals surface area contributed by atoms with Gasteiger partial charge in [0, 0.05) is 19.6 Å². The zero-order valence-corrected chi connectivity index (χ0v) is 11.0. The maximum Gasteiger partial charge on any atom is 0.00129 e. The van der Waals surface area contributed by atoms with Crippen LogP contribution in [0.15, 0.2) is 0 Å². The molecule has 0 spiro atoms. The summed E-state index contributed by atoms with van der Waals surface area (Å²) < 4.78 is 0. The number of hydrogen-bond acceptors (Lipinski definition) is 2. The van der Waals surface area contributed by atoms with Crippen molar-refractivity contribution in [3.8, 4) is 0 Å². The Morgan fingerprint density at radius 2 is 1.56 bits per heavy atom. The van der Waals surface area contributed by atoms with Gasteiger partial charge in [-0.2, -0.15) is 0 Å². The SMILES string of the molecule is CCC1CN(CC2CCNCC2)CC1CC. The number of hydrogen-bond donors (Lipinski definition) is 1. The topological polar surface area (TPSA) is 15.3 Å². The van der Waals surface area contributed by atoms with Crippen LogP contribution >= 0.6 is 0 Å². The fourth-order valence-corrected chi connectivity index (χ4v) is 3.54. The van der Waals surface area contributed by atoms with Gasteiger partial charge < -0.3 is 10.2 Å². The Labute approximate surface area is 101 Å². The van der Waals surface area contributed by atoms with Gasteiger partial charge in [0.25, 0.3) is 0 Å². The molecule has 2 aliphatic heterocycles. The highest BCUT2D eigenvalue weighted by molar-refractivity contribution is 4.84. The third-order valence-electron chi connectivity index (χ3n) is 4.68. The van der Waals surface area contributed by atoms with E-state index in [9.17, 15) is 0 Å². The molecular weight excluding hydrogens is 196 g/mol. The minimum Gasteiger partial charge on any atom is -0.317 e. The lowest BCUT2D eigenvalue weighted by molar-refractivity contribution is 0.231. The van der Waals surface area contributed by atoms with E-state index in [1.807, 2.05) is 0 Å². The van der Waals surface area contributed by atoms with Crippen LogP contribution in [0.2, 0.25) is 0 Å². The van der Waals surface area contributed by atoms with Crippen LogP contribution in [-0.2, 0) is 0 Å². The number of piperidine rings is 1. The average molecular weight is 224 g/mol. The van der Waals surface area contributed by atoms with Crippen molar-refractivity contribution >= 4 is 0 Å². The number of likely N-dealkylation sites (tertiary alicyclic amines) is 1. The van der Waals surface area contributed by atoms with Crippen LogP contribution < -0.4 is 5.32 Å². The summed E-state index contributed by atoms with van der Waals surface area (Å²) in [6.45, 7) is 11.3. The standard InChI is InChI=1S/C14H28N2/c1-3-13-10-16(11-14(13)4-2)9-12-5-7-15-8-6-12/h12-15H,3-11H2,1-2H3. The molecule has 0 aromatic carbocycles. The van der Waals surface area contributed by atoms with E-state index in [0.717, 1.165) is 17.8 Å². The minimum atomic E-state index is 0.967. The summed E-state index contributed by atoms with van der Waals surface area (Å²) in [6.07, 6.45) is 5.54. The van der Waals surface area contributed by atoms with E-state index in [2.05, 4.69) is 24.1 Å². The second-order valence-corrected chi connectivity index (χ2v) is 5.75. The monoisotopic (exact) mass is 224 g/mol. The maximum atomic E-state index is 3.46. The van der Waals surface area contributed by atoms with Gasteiger partial charge in [0.05, 0.1) is 0 Å². The summed E-state index contributed by atoms with van der Waals surface area (Å²) in [7, 11) is 0. The molecule has 1 N–H and O–H groups in total. The Morgan fingerprint density at radius 3 is 2.06 bits per heavy atom. The summed E-state index contributed by atoms with van der Waals surface area (Å²) in [5, 5.41) is 3.46. The number of rotatable bonds is 4. The first-order chi connectivity index (χ1) is 7.83. The summed E-state index contributed by atoms with van der Waals surface area (Å²) in [6, 6.07) is 0. The van der Waals surface area contributed by atoms with Gasteiger partial charge in [-0.3, -0.25) is 0 Å². The number of nitrogens with zero attached hydrogens (tertiary/aromatic N) is 1. The van der Waals surface area contributed by atoms with Crippen molar-refractivity contribution in [2.24, 2.45) is 17.8 Å². The third-order valence-corrected chi connectivity index (χ3v) is 4.68. The highest BCUT2D eigenvalue weighted by Gasteiger charge is 2.31. The van der Waals surface area contributed by atoms with Gasteiger partial charge in [-0.25, -0.2) is 0 Å². The normalized spacial score (nSPS) is 33.4. The van der Waals surface area contributed by atoms with Gasteiger partial charge in [0.2, 0.25) is 0 Å². The lowest BCUT2D eigenvalue weighted by Crippen LogP contribution is -2.35. The molecule has 2 aliphatic rings. The van der Waals surface area contributed by atoms with Gasteiger partial charge >= 0.3 is 0 Å². The molecule has 0 radical (unpaired) electrons. The molecule has 2 nitrogen and oxygen atoms in total. The zero-order chi connectivity index (χ0) is 11.4. The zero-order valence-electron chi connectivity index (χ0n) is 11.0. The van der Waals surface area contributed by atoms with E-state index in [0.29, 0.717) is 0 Å². The Morgan fingerprint density at radius 1 is 1.00 bits per heavy atom. The average Bonchev–Trinajstić information content (AvgIpc) is 2.72. The molecule has 2 heterocycles. The largest absolute Gasteiger partial charge is 0.317 e. The van der Waals surface area contributed by atoms with E-state index in [-0.39, 0.29) is 0 Å². The van der Waals surface area contributed by atoms with Gasteiger partial charge in [0.1, 0.15) is 0 Å². The second kappa shape index (κ2) is 6.02. The van der Waals surface area contributed by atoms with Gasteiger partial charge in [-0.05, 0) is 43.7 Å². The molecule has 0 aromatic heterocycles. The van der Waals surface area contributed by atoms with Crippen LogP contribution in [0.25, 0.3) is 0 Å². The molecule has 2 rings (SSSR count). The van der Waals surface area contributed by atoms with Crippen LogP contribution in [0.1, 0.15) is 39.5 Å². The Hall–Kier alpha value is -0.0800. The Kier molecular flexibility index (Phi) is 4.66. The van der Waals surface area contributed by atoms with Crippen molar-refractivity contribution in [3.63, 3.8) is 0 Å². The molecule has 2 atom stereocenters. The molecule has 2 heteroatoms. The van der Waals surface area contributed by atoms with E-state index in [1.54, 1.807) is 0 Å². The van der Waals surface area contributed by atoms with E-state index >= 15 is 0 Å². The summed E-state index contributed by atoms with van der Waals surface area (Å²) in [5.41, 5.74) is 0. The van der Waals surface area contributed by atoms with Crippen molar-refractivity contribution in [1.82, 2.24) is 10.2 Å². The lowest BCUT2D eigenvalue weighted by Gasteiger charge is -2.27. The van der Waals surface area contributed by atoms with Crippen molar-refractivity contribution in [1.29, 1.82) is 0 Å². The van der Waals surface area contributed by atoms with Crippen molar-refractivity contribution < 1.29 is 0 Å². The van der Waals surface area contributed by atoms with Gasteiger partial charge in [-0.1, -0.05) is 26.7 Å². The smallest absolute Gasteiger partial charge is 0.00129 e. The molecule has 2 saturated heterocycles. The fourth-order valence-electron chi connectivity index (χ4n) is 3.54. The molecule has 0 amide bonds. The molecule has 16 heavy (non-hydrogen) atoms. The van der Waals surface area contributed by atoms with Crippen molar-refractivity contribution in [3.05, 3.63) is 0 Å². The summed E-state index contributed by atoms with van der Waals surface area (Å²) >= 11 is 0. The molecule has 0 saturated carbocycles. The molecule has 2 fully saturated rings. The Balaban J connectivity index is 1.78. The first-order valence-corrected chi connectivity index (χ1v) is 7.26.